The highest BCUT2D eigenvalue weighted by atomic mass is 19.4. The van der Waals surface area contributed by atoms with Gasteiger partial charge >= 0.3 is 12.3 Å². The van der Waals surface area contributed by atoms with E-state index in [0.717, 1.165) is 18.2 Å². The molecule has 0 amide bonds. The van der Waals surface area contributed by atoms with Gasteiger partial charge in [0.15, 0.2) is 46.5 Å². The lowest BCUT2D eigenvalue weighted by Gasteiger charge is -2.13. The Labute approximate surface area is 244 Å². The van der Waals surface area contributed by atoms with Crippen molar-refractivity contribution in [2.75, 3.05) is 0 Å². The molecule has 234 valence electrons. The molecule has 1 fully saturated rings. The monoisotopic (exact) mass is 663 g/mol. The molecule has 0 radical (unpaired) electrons. The second-order valence-corrected chi connectivity index (χ2v) is 8.79. The molecule has 1 saturated carbocycles. The van der Waals surface area contributed by atoms with Crippen LogP contribution in [-0.2, 0) is 6.18 Å². The molecular formula is C27H3F14N5. The molecule has 5 nitrogen and oxygen atoms in total. The molecule has 1 aliphatic carbocycles. The third-order valence-electron chi connectivity index (χ3n) is 6.32. The fourth-order valence-electron chi connectivity index (χ4n) is 4.26. The van der Waals surface area contributed by atoms with E-state index < -0.39 is 132 Å². The Morgan fingerprint density at radius 2 is 0.891 bits per heavy atom. The van der Waals surface area contributed by atoms with Gasteiger partial charge in [-0.1, -0.05) is 0 Å². The second kappa shape index (κ2) is 11.3. The van der Waals surface area contributed by atoms with Crippen molar-refractivity contribution in [3.05, 3.63) is 109 Å². The largest absolute Gasteiger partial charge is 0.422 e. The van der Waals surface area contributed by atoms with Crippen LogP contribution in [0.4, 0.5) is 61.5 Å². The van der Waals surface area contributed by atoms with Crippen LogP contribution in [0.25, 0.3) is 16.7 Å². The molecule has 0 aliphatic heterocycles. The van der Waals surface area contributed by atoms with Crippen molar-refractivity contribution in [1.29, 1.82) is 15.8 Å². The van der Waals surface area contributed by atoms with Crippen molar-refractivity contribution in [3.8, 4) is 18.2 Å². The summed E-state index contributed by atoms with van der Waals surface area (Å²) in [6, 6.07) is 2.92. The standard InChI is InChI=1S/C27H3F14N5/c1-5-15(28)17(30)12(18(31)16(5)29)6(2-42)9-10(11(9)8(4-44)24-23(36)25(37)46-26(38)45-24)7(3-43)13-19(32)21(34)14(27(39,40)41)22(35)20(13)33/h1H3. The quantitative estimate of drug-likeness (QED) is 0.0947. The minimum atomic E-state index is -6.07. The summed E-state index contributed by atoms with van der Waals surface area (Å²) in [5, 5.41) is 29.1. The van der Waals surface area contributed by atoms with E-state index in [4.69, 9.17) is 0 Å². The Bertz CT molecular complexity index is 2080. The number of nitriles is 3. The smallest absolute Gasteiger partial charge is 0.203 e. The number of aromatic nitrogens is 2. The highest BCUT2D eigenvalue weighted by Gasteiger charge is 2.47. The highest BCUT2D eigenvalue weighted by molar-refractivity contribution is 6.12. The normalized spacial score (nSPS) is 16.0. The fourth-order valence-corrected chi connectivity index (χ4v) is 4.26. The maximum Gasteiger partial charge on any atom is 0.422 e. The van der Waals surface area contributed by atoms with Gasteiger partial charge in [-0.2, -0.15) is 52.1 Å². The molecule has 1 aromatic heterocycles. The lowest BCUT2D eigenvalue weighted by molar-refractivity contribution is -0.143. The van der Waals surface area contributed by atoms with Crippen LogP contribution in [0.5, 0.6) is 0 Å². The molecule has 1 aliphatic rings. The van der Waals surface area contributed by atoms with Crippen LogP contribution in [0.1, 0.15) is 27.9 Å². The maximum absolute atomic E-state index is 14.9. The summed E-state index contributed by atoms with van der Waals surface area (Å²) in [4.78, 5) is 5.13. The Hall–Kier alpha value is -5.77. The van der Waals surface area contributed by atoms with Crippen molar-refractivity contribution in [2.45, 2.75) is 13.1 Å². The predicted octanol–water partition coefficient (Wildman–Crippen LogP) is 7.58. The molecule has 46 heavy (non-hydrogen) atoms. The average molecular weight is 663 g/mol. The van der Waals surface area contributed by atoms with E-state index in [2.05, 4.69) is 9.97 Å². The van der Waals surface area contributed by atoms with Gasteiger partial charge in [0.25, 0.3) is 5.95 Å². The zero-order valence-electron chi connectivity index (χ0n) is 21.5. The summed E-state index contributed by atoms with van der Waals surface area (Å²) in [6.07, 6.45) is -8.16. The summed E-state index contributed by atoms with van der Waals surface area (Å²) >= 11 is 0. The van der Waals surface area contributed by atoms with E-state index in [0.29, 0.717) is 6.92 Å². The van der Waals surface area contributed by atoms with E-state index in [-0.39, 0.29) is 0 Å². The Morgan fingerprint density at radius 1 is 0.522 bits per heavy atom. The number of allylic oxidation sites excluding steroid dienone is 6. The molecule has 2 aromatic carbocycles. The molecule has 0 saturated heterocycles. The first kappa shape index (κ1) is 33.1. The van der Waals surface area contributed by atoms with E-state index in [1.54, 1.807) is 0 Å². The molecule has 19 heteroatoms. The third kappa shape index (κ3) is 4.88. The molecule has 0 bridgehead atoms. The summed E-state index contributed by atoms with van der Waals surface area (Å²) < 4.78 is 199. The summed E-state index contributed by atoms with van der Waals surface area (Å²) in [5.41, 5.74) is -19.5. The van der Waals surface area contributed by atoms with Gasteiger partial charge in [-0.15, -0.1) is 0 Å². The Morgan fingerprint density at radius 3 is 1.26 bits per heavy atom. The maximum atomic E-state index is 14.9. The van der Waals surface area contributed by atoms with E-state index in [9.17, 15) is 77.3 Å². The van der Waals surface area contributed by atoms with Gasteiger partial charge in [0.2, 0.25) is 5.82 Å². The van der Waals surface area contributed by atoms with Crippen LogP contribution in [0.3, 0.4) is 0 Å². The van der Waals surface area contributed by atoms with Gasteiger partial charge in [0.1, 0.15) is 29.5 Å². The Kier molecular flexibility index (Phi) is 8.14. The lowest BCUT2D eigenvalue weighted by Crippen LogP contribution is -2.17. The molecule has 3 aromatic rings. The predicted molar refractivity (Wildman–Crippen MR) is 122 cm³/mol. The molecule has 0 atom stereocenters. The number of benzene rings is 2. The minimum absolute atomic E-state index is 0.537. The van der Waals surface area contributed by atoms with Crippen molar-refractivity contribution in [3.63, 3.8) is 0 Å². The molecule has 0 spiro atoms. The van der Waals surface area contributed by atoms with Crippen molar-refractivity contribution < 1.29 is 61.5 Å². The van der Waals surface area contributed by atoms with Gasteiger partial charge < -0.3 is 0 Å². The number of hydrogen-bond acceptors (Lipinski definition) is 5. The number of nitrogens with zero attached hydrogens (tertiary/aromatic N) is 5. The first-order chi connectivity index (χ1) is 21.4. The highest BCUT2D eigenvalue weighted by Crippen LogP contribution is 2.57. The average Bonchev–Trinajstić information content (AvgIpc) is 3.70. The van der Waals surface area contributed by atoms with Gasteiger partial charge in [0, 0.05) is 22.3 Å². The van der Waals surface area contributed by atoms with Crippen LogP contribution in [-0.4, -0.2) is 9.97 Å². The molecule has 4 rings (SSSR count). The number of hydrogen-bond donors (Lipinski definition) is 0. The zero-order valence-corrected chi connectivity index (χ0v) is 21.5. The lowest BCUT2D eigenvalue weighted by atomic mass is 9.98. The van der Waals surface area contributed by atoms with Gasteiger partial charge in [-0.05, 0) is 6.92 Å². The fraction of sp³-hybridized carbons (Fsp3) is 0.0741. The first-order valence-electron chi connectivity index (χ1n) is 11.5. The molecule has 0 unspecified atom stereocenters. The summed E-state index contributed by atoms with van der Waals surface area (Å²) in [7, 11) is 0. The summed E-state index contributed by atoms with van der Waals surface area (Å²) in [5.74, 6) is -25.6. The van der Waals surface area contributed by atoms with Crippen LogP contribution in [0, 0.1) is 105 Å². The molecule has 0 N–H and O–H groups in total. The number of alkyl halides is 3. The van der Waals surface area contributed by atoms with E-state index in [1.807, 2.05) is 0 Å². The molecule has 1 heterocycles. The second-order valence-electron chi connectivity index (χ2n) is 8.79. The van der Waals surface area contributed by atoms with Gasteiger partial charge in [-0.3, -0.25) is 0 Å². The Balaban J connectivity index is 2.32. The van der Waals surface area contributed by atoms with Crippen LogP contribution in [0.2, 0.25) is 0 Å². The zero-order chi connectivity index (χ0) is 34.7. The number of halogens is 14. The van der Waals surface area contributed by atoms with Crippen molar-refractivity contribution >= 4 is 16.7 Å². The van der Waals surface area contributed by atoms with Gasteiger partial charge in [0.05, 0.1) is 27.8 Å². The van der Waals surface area contributed by atoms with Crippen molar-refractivity contribution in [1.82, 2.24) is 9.97 Å². The van der Waals surface area contributed by atoms with Crippen LogP contribution >= 0.6 is 0 Å². The SMILES string of the molecule is Cc1c(F)c(F)c(C(C#N)=C2C(=C(C#N)c3nc(F)nc(F)c3F)C2=C(C#N)c2c(F)c(F)c(C(F)(F)F)c(F)c2F)c(F)c1F. The third-order valence-corrected chi connectivity index (χ3v) is 6.32. The van der Waals surface area contributed by atoms with Crippen LogP contribution in [0.15, 0.2) is 16.7 Å². The number of rotatable bonds is 3. The van der Waals surface area contributed by atoms with Gasteiger partial charge in [-0.25, -0.2) is 35.1 Å². The molecular weight excluding hydrogens is 660 g/mol. The summed E-state index contributed by atoms with van der Waals surface area (Å²) in [6.45, 7) is 0.537. The minimum Gasteiger partial charge on any atom is -0.203 e. The van der Waals surface area contributed by atoms with Crippen LogP contribution < -0.4 is 0 Å². The van der Waals surface area contributed by atoms with Crippen molar-refractivity contribution in [2.24, 2.45) is 0 Å². The first-order valence-corrected chi connectivity index (χ1v) is 11.5. The van der Waals surface area contributed by atoms with E-state index in [1.165, 1.54) is 0 Å². The topological polar surface area (TPSA) is 97.2 Å². The van der Waals surface area contributed by atoms with E-state index >= 15 is 0 Å².